The fourth-order valence-corrected chi connectivity index (χ4v) is 4.94. The van der Waals surface area contributed by atoms with Crippen LogP contribution in [0.5, 0.6) is 11.5 Å². The topological polar surface area (TPSA) is 82.5 Å². The number of fused-ring (bicyclic) bond motifs is 1. The van der Waals surface area contributed by atoms with Crippen molar-refractivity contribution in [1.82, 2.24) is 15.3 Å². The van der Waals surface area contributed by atoms with Gasteiger partial charge in [-0.1, -0.05) is 28.1 Å². The first-order valence-corrected chi connectivity index (χ1v) is 12.2. The third kappa shape index (κ3) is 5.50. The lowest BCUT2D eigenvalue weighted by Crippen LogP contribution is -2.31. The van der Waals surface area contributed by atoms with E-state index in [4.69, 9.17) is 14.7 Å². The van der Waals surface area contributed by atoms with Gasteiger partial charge in [-0.25, -0.2) is 4.98 Å². The van der Waals surface area contributed by atoms with E-state index in [1.165, 1.54) is 0 Å². The number of ether oxygens (including phenoxy) is 1. The molecule has 1 aliphatic carbocycles. The number of phenolic OH excluding ortho intramolecular Hbond substituents is 1. The molecule has 8 heteroatoms. The normalized spacial score (nSPS) is 18.3. The highest BCUT2D eigenvalue weighted by Crippen LogP contribution is 2.35. The average molecular weight is 514 g/mol. The second-order valence-corrected chi connectivity index (χ2v) is 9.71. The van der Waals surface area contributed by atoms with E-state index >= 15 is 0 Å². The number of methoxy groups -OCH3 is 1. The van der Waals surface area contributed by atoms with Crippen molar-refractivity contribution in [2.24, 2.45) is 5.92 Å². The van der Waals surface area contributed by atoms with Crippen LogP contribution in [-0.2, 0) is 6.54 Å². The number of phenols is 1. The Kier molecular flexibility index (Phi) is 7.55. The number of hydrogen-bond acceptors (Lipinski definition) is 7. The molecule has 1 aliphatic rings. The van der Waals surface area contributed by atoms with Gasteiger partial charge in [-0.05, 0) is 62.4 Å². The Morgan fingerprint density at radius 2 is 1.85 bits per heavy atom. The molecule has 33 heavy (non-hydrogen) atoms. The number of aromatic hydroxyl groups is 1. The highest BCUT2D eigenvalue weighted by atomic mass is 79.9. The zero-order valence-corrected chi connectivity index (χ0v) is 21.0. The molecular weight excluding hydrogens is 482 g/mol. The average Bonchev–Trinajstić information content (AvgIpc) is 2.82. The molecule has 1 aromatic heterocycles. The highest BCUT2D eigenvalue weighted by Gasteiger charge is 2.22. The minimum absolute atomic E-state index is 0.194. The van der Waals surface area contributed by atoms with Crippen molar-refractivity contribution in [3.05, 3.63) is 46.4 Å². The molecule has 0 unspecified atom stereocenters. The Balaban J connectivity index is 1.30. The maximum absolute atomic E-state index is 10.4. The minimum atomic E-state index is 0.194. The molecule has 2 aromatic carbocycles. The molecule has 1 fully saturated rings. The number of nitrogens with one attached hydrogen (secondary N) is 2. The van der Waals surface area contributed by atoms with E-state index in [2.05, 4.69) is 32.6 Å². The van der Waals surface area contributed by atoms with E-state index in [-0.39, 0.29) is 5.75 Å². The predicted octanol–water partition coefficient (Wildman–Crippen LogP) is 4.93. The van der Waals surface area contributed by atoms with Gasteiger partial charge in [0.2, 0.25) is 5.95 Å². The van der Waals surface area contributed by atoms with Crippen LogP contribution in [-0.4, -0.2) is 48.9 Å². The van der Waals surface area contributed by atoms with Crippen LogP contribution in [0, 0.1) is 5.92 Å². The number of nitrogens with zero attached hydrogens (tertiary/aromatic N) is 3. The van der Waals surface area contributed by atoms with Crippen molar-refractivity contribution >= 4 is 38.6 Å². The van der Waals surface area contributed by atoms with Gasteiger partial charge >= 0.3 is 0 Å². The zero-order valence-electron chi connectivity index (χ0n) is 19.4. The lowest BCUT2D eigenvalue weighted by atomic mass is 9.86. The quantitative estimate of drug-likeness (QED) is 0.393. The molecule has 0 saturated heterocycles. The molecule has 0 aliphatic heterocycles. The van der Waals surface area contributed by atoms with Crippen LogP contribution in [0.2, 0.25) is 0 Å². The summed E-state index contributed by atoms with van der Waals surface area (Å²) in [7, 11) is 5.60. The van der Waals surface area contributed by atoms with Crippen LogP contribution in [0.4, 0.5) is 11.8 Å². The van der Waals surface area contributed by atoms with E-state index in [9.17, 15) is 5.11 Å². The minimum Gasteiger partial charge on any atom is -0.504 e. The van der Waals surface area contributed by atoms with Gasteiger partial charge in [0, 0.05) is 42.1 Å². The molecule has 0 radical (unpaired) electrons. The maximum atomic E-state index is 10.4. The summed E-state index contributed by atoms with van der Waals surface area (Å²) in [6.45, 7) is 1.52. The third-order valence-electron chi connectivity index (χ3n) is 6.33. The van der Waals surface area contributed by atoms with Gasteiger partial charge in [0.1, 0.15) is 5.82 Å². The molecule has 176 valence electrons. The second-order valence-electron chi connectivity index (χ2n) is 8.85. The zero-order chi connectivity index (χ0) is 23.4. The van der Waals surface area contributed by atoms with Gasteiger partial charge in [-0.15, -0.1) is 0 Å². The predicted molar refractivity (Wildman–Crippen MR) is 137 cm³/mol. The first-order chi connectivity index (χ1) is 16.0. The van der Waals surface area contributed by atoms with Gasteiger partial charge in [0.25, 0.3) is 0 Å². The van der Waals surface area contributed by atoms with E-state index < -0.39 is 0 Å². The number of rotatable bonds is 8. The van der Waals surface area contributed by atoms with Crippen molar-refractivity contribution in [3.8, 4) is 11.5 Å². The van der Waals surface area contributed by atoms with E-state index in [1.54, 1.807) is 13.2 Å². The fraction of sp³-hybridized carbons (Fsp3) is 0.440. The van der Waals surface area contributed by atoms with Crippen molar-refractivity contribution in [2.45, 2.75) is 38.3 Å². The molecule has 0 amide bonds. The summed E-state index contributed by atoms with van der Waals surface area (Å²) in [4.78, 5) is 11.6. The van der Waals surface area contributed by atoms with E-state index in [0.717, 1.165) is 59.0 Å². The number of anilines is 2. The Hall–Kier alpha value is -2.58. The molecule has 0 spiro atoms. The first-order valence-electron chi connectivity index (χ1n) is 11.4. The Bertz CT molecular complexity index is 1100. The molecule has 4 rings (SSSR count). The van der Waals surface area contributed by atoms with Crippen LogP contribution >= 0.6 is 15.9 Å². The summed E-state index contributed by atoms with van der Waals surface area (Å²) in [6.07, 6.45) is 4.47. The van der Waals surface area contributed by atoms with Crippen LogP contribution in [0.15, 0.2) is 40.9 Å². The van der Waals surface area contributed by atoms with Crippen molar-refractivity contribution < 1.29 is 9.84 Å². The van der Waals surface area contributed by atoms with Gasteiger partial charge in [-0.2, -0.15) is 4.98 Å². The van der Waals surface area contributed by atoms with E-state index in [0.29, 0.717) is 30.2 Å². The highest BCUT2D eigenvalue weighted by molar-refractivity contribution is 9.10. The van der Waals surface area contributed by atoms with Crippen LogP contribution in [0.1, 0.15) is 31.2 Å². The smallest absolute Gasteiger partial charge is 0.225 e. The lowest BCUT2D eigenvalue weighted by Gasteiger charge is -2.29. The van der Waals surface area contributed by atoms with Crippen LogP contribution in [0.25, 0.3) is 10.9 Å². The second kappa shape index (κ2) is 10.6. The van der Waals surface area contributed by atoms with E-state index in [1.807, 2.05) is 43.3 Å². The lowest BCUT2D eigenvalue weighted by molar-refractivity contribution is 0.322. The number of para-hydroxylation sites is 1. The van der Waals surface area contributed by atoms with Crippen LogP contribution < -0.4 is 20.3 Å². The van der Waals surface area contributed by atoms with Gasteiger partial charge in [0.05, 0.1) is 12.6 Å². The molecule has 3 N–H and O–H groups in total. The summed E-state index contributed by atoms with van der Waals surface area (Å²) in [5.74, 6) is 2.95. The summed E-state index contributed by atoms with van der Waals surface area (Å²) in [5, 5.41) is 18.5. The fourth-order valence-electron chi connectivity index (χ4n) is 4.48. The largest absolute Gasteiger partial charge is 0.504 e. The number of aromatic nitrogens is 2. The standard InChI is InChI=1S/C25H32BrN5O2/c1-31(2)24-18-6-4-5-7-21(18)29-25(30-24)28-17-10-8-16(9-11-17)14-27-15-19-20(26)12-13-22(33-3)23(19)32/h4-7,12-13,16-17,27,32H,8-11,14-15H2,1-3H3,(H,28,29,30)/t16-,17+. The molecule has 7 nitrogen and oxygen atoms in total. The summed E-state index contributed by atoms with van der Waals surface area (Å²) in [5.41, 5.74) is 1.79. The maximum Gasteiger partial charge on any atom is 0.225 e. The first kappa shape index (κ1) is 23.6. The SMILES string of the molecule is COc1ccc(Br)c(CNC[C@H]2CC[C@@H](Nc3nc(N(C)C)c4ccccc4n3)CC2)c1O. The molecular formula is C25H32BrN5O2. The summed E-state index contributed by atoms with van der Waals surface area (Å²) in [6, 6.07) is 12.2. The molecule has 1 heterocycles. The summed E-state index contributed by atoms with van der Waals surface area (Å²) < 4.78 is 6.11. The Labute approximate surface area is 203 Å². The van der Waals surface area contributed by atoms with Crippen molar-refractivity contribution in [2.75, 3.05) is 38.0 Å². The Morgan fingerprint density at radius 3 is 2.58 bits per heavy atom. The molecule has 1 saturated carbocycles. The Morgan fingerprint density at radius 1 is 1.09 bits per heavy atom. The van der Waals surface area contributed by atoms with Gasteiger partial charge in [0.15, 0.2) is 11.5 Å². The summed E-state index contributed by atoms with van der Waals surface area (Å²) >= 11 is 3.53. The van der Waals surface area contributed by atoms with Crippen molar-refractivity contribution in [1.29, 1.82) is 0 Å². The number of hydrogen-bond donors (Lipinski definition) is 3. The number of benzene rings is 2. The van der Waals surface area contributed by atoms with Gasteiger partial charge < -0.3 is 25.4 Å². The van der Waals surface area contributed by atoms with Crippen LogP contribution in [0.3, 0.4) is 0 Å². The monoisotopic (exact) mass is 513 g/mol. The molecule has 0 atom stereocenters. The molecule has 3 aromatic rings. The van der Waals surface area contributed by atoms with Crippen molar-refractivity contribution in [3.63, 3.8) is 0 Å². The van der Waals surface area contributed by atoms with Gasteiger partial charge in [-0.3, -0.25) is 0 Å². The number of halogens is 1. The molecule has 0 bridgehead atoms. The third-order valence-corrected chi connectivity index (χ3v) is 7.07.